The van der Waals surface area contributed by atoms with Crippen molar-refractivity contribution in [2.75, 3.05) is 12.4 Å². The third-order valence-electron chi connectivity index (χ3n) is 2.80. The molecule has 0 aliphatic heterocycles. The lowest BCUT2D eigenvalue weighted by Gasteiger charge is -2.11. The number of nitrogens with zero attached hydrogens (tertiary/aromatic N) is 1. The quantitative estimate of drug-likeness (QED) is 0.842. The summed E-state index contributed by atoms with van der Waals surface area (Å²) in [4.78, 5) is 4.06. The van der Waals surface area contributed by atoms with Crippen molar-refractivity contribution in [1.29, 1.82) is 0 Å². The molecule has 2 N–H and O–H groups in total. The normalized spacial score (nSPS) is 10.3. The van der Waals surface area contributed by atoms with Gasteiger partial charge < -0.3 is 15.2 Å². The van der Waals surface area contributed by atoms with Crippen LogP contribution in [0.2, 0.25) is 5.15 Å². The van der Waals surface area contributed by atoms with Crippen LogP contribution in [-0.4, -0.2) is 17.2 Å². The summed E-state index contributed by atoms with van der Waals surface area (Å²) in [7, 11) is 1.53. The molecule has 0 saturated carbocycles. The average Bonchev–Trinajstić information content (AvgIpc) is 2.41. The van der Waals surface area contributed by atoms with E-state index in [1.54, 1.807) is 12.3 Å². The number of hydrogen-bond donors (Lipinski definition) is 2. The molecule has 0 saturated heterocycles. The van der Waals surface area contributed by atoms with E-state index in [9.17, 15) is 5.11 Å². The lowest BCUT2D eigenvalue weighted by atomic mass is 10.2. The largest absolute Gasteiger partial charge is 0.504 e. The van der Waals surface area contributed by atoms with Crippen molar-refractivity contribution in [3.8, 4) is 11.5 Å². The summed E-state index contributed by atoms with van der Waals surface area (Å²) >= 11 is 5.87. The topological polar surface area (TPSA) is 54.4 Å². The fraction of sp³-hybridized carbons (Fsp3) is 0.214. The summed E-state index contributed by atoms with van der Waals surface area (Å²) in [6, 6.07) is 7.29. The van der Waals surface area contributed by atoms with Crippen LogP contribution in [0.5, 0.6) is 11.5 Å². The Morgan fingerprint density at radius 1 is 1.42 bits per heavy atom. The Labute approximate surface area is 117 Å². The van der Waals surface area contributed by atoms with Crippen LogP contribution < -0.4 is 10.1 Å². The molecule has 0 atom stereocenters. The van der Waals surface area contributed by atoms with Gasteiger partial charge in [0.05, 0.1) is 19.0 Å². The van der Waals surface area contributed by atoms with Gasteiger partial charge in [0, 0.05) is 12.1 Å². The van der Waals surface area contributed by atoms with E-state index in [1.165, 1.54) is 7.11 Å². The van der Waals surface area contributed by atoms with Gasteiger partial charge in [-0.25, -0.2) is 4.98 Å². The molecule has 1 heterocycles. The fourth-order valence-corrected chi connectivity index (χ4v) is 1.83. The number of methoxy groups -OCH3 is 1. The van der Waals surface area contributed by atoms with Crippen molar-refractivity contribution < 1.29 is 9.84 Å². The SMILES string of the molecule is COc1cccc(CNc2cnc(Cl)c(C)c2)c1O. The highest BCUT2D eigenvalue weighted by Crippen LogP contribution is 2.29. The number of halogens is 1. The summed E-state index contributed by atoms with van der Waals surface area (Å²) in [5.74, 6) is 0.612. The lowest BCUT2D eigenvalue weighted by Crippen LogP contribution is -2.01. The van der Waals surface area contributed by atoms with Crippen LogP contribution in [0.3, 0.4) is 0 Å². The molecule has 4 nitrogen and oxygen atoms in total. The molecule has 0 radical (unpaired) electrons. The number of aromatic hydroxyl groups is 1. The van der Waals surface area contributed by atoms with Crippen LogP contribution in [0.4, 0.5) is 5.69 Å². The molecule has 2 aromatic rings. The molecule has 1 aromatic carbocycles. The van der Waals surface area contributed by atoms with Gasteiger partial charge in [0.25, 0.3) is 0 Å². The highest BCUT2D eigenvalue weighted by molar-refractivity contribution is 6.30. The Morgan fingerprint density at radius 2 is 2.21 bits per heavy atom. The molecule has 0 amide bonds. The van der Waals surface area contributed by atoms with E-state index in [0.29, 0.717) is 17.4 Å². The second kappa shape index (κ2) is 5.80. The third-order valence-corrected chi connectivity index (χ3v) is 3.20. The molecule has 0 fully saturated rings. The predicted octanol–water partition coefficient (Wildman–Crippen LogP) is 3.37. The minimum atomic E-state index is 0.149. The van der Waals surface area contributed by atoms with Crippen molar-refractivity contribution >= 4 is 17.3 Å². The number of benzene rings is 1. The number of aromatic nitrogens is 1. The zero-order chi connectivity index (χ0) is 13.8. The van der Waals surface area contributed by atoms with Crippen LogP contribution in [0.25, 0.3) is 0 Å². The number of anilines is 1. The van der Waals surface area contributed by atoms with E-state index in [4.69, 9.17) is 16.3 Å². The Bertz CT molecular complexity index is 588. The van der Waals surface area contributed by atoms with E-state index in [0.717, 1.165) is 16.8 Å². The van der Waals surface area contributed by atoms with Gasteiger partial charge in [-0.2, -0.15) is 0 Å². The third kappa shape index (κ3) is 3.09. The lowest BCUT2D eigenvalue weighted by molar-refractivity contribution is 0.371. The van der Waals surface area contributed by atoms with Crippen LogP contribution in [0.1, 0.15) is 11.1 Å². The van der Waals surface area contributed by atoms with Crippen LogP contribution in [0.15, 0.2) is 30.5 Å². The molecule has 5 heteroatoms. The molecule has 2 rings (SSSR count). The van der Waals surface area contributed by atoms with Gasteiger partial charge in [-0.1, -0.05) is 23.7 Å². The molecular weight excluding hydrogens is 264 g/mol. The summed E-state index contributed by atoms with van der Waals surface area (Å²) < 4.78 is 5.06. The Hall–Kier alpha value is -1.94. The smallest absolute Gasteiger partial charge is 0.162 e. The Morgan fingerprint density at radius 3 is 2.89 bits per heavy atom. The second-order valence-electron chi connectivity index (χ2n) is 4.15. The molecule has 19 heavy (non-hydrogen) atoms. The maximum Gasteiger partial charge on any atom is 0.162 e. The highest BCUT2D eigenvalue weighted by atomic mass is 35.5. The van der Waals surface area contributed by atoms with Crippen molar-refractivity contribution in [1.82, 2.24) is 4.98 Å². The highest BCUT2D eigenvalue weighted by Gasteiger charge is 2.07. The number of para-hydroxylation sites is 1. The first-order chi connectivity index (χ1) is 9.11. The number of phenolic OH excluding ortho intramolecular Hbond substituents is 1. The monoisotopic (exact) mass is 278 g/mol. The molecular formula is C14H15ClN2O2. The zero-order valence-electron chi connectivity index (χ0n) is 10.8. The van der Waals surface area contributed by atoms with Gasteiger partial charge in [-0.15, -0.1) is 0 Å². The second-order valence-corrected chi connectivity index (χ2v) is 4.51. The van der Waals surface area contributed by atoms with Gasteiger partial charge in [0.15, 0.2) is 11.5 Å². The standard InChI is InChI=1S/C14H15ClN2O2/c1-9-6-11(8-17-14(9)15)16-7-10-4-3-5-12(19-2)13(10)18/h3-6,8,16,18H,7H2,1-2H3. The number of aryl methyl sites for hydroxylation is 1. The van der Waals surface area contributed by atoms with E-state index in [2.05, 4.69) is 10.3 Å². The van der Waals surface area contributed by atoms with Gasteiger partial charge in [-0.3, -0.25) is 0 Å². The predicted molar refractivity (Wildman–Crippen MR) is 76.0 cm³/mol. The van der Waals surface area contributed by atoms with Gasteiger partial charge >= 0.3 is 0 Å². The minimum absolute atomic E-state index is 0.149. The van der Waals surface area contributed by atoms with E-state index in [-0.39, 0.29) is 5.75 Å². The number of hydrogen-bond acceptors (Lipinski definition) is 4. The maximum absolute atomic E-state index is 9.96. The first-order valence-electron chi connectivity index (χ1n) is 5.82. The van der Waals surface area contributed by atoms with Crippen molar-refractivity contribution in [3.63, 3.8) is 0 Å². The molecule has 100 valence electrons. The fourth-order valence-electron chi connectivity index (χ4n) is 1.73. The molecule has 0 aliphatic carbocycles. The van der Waals surface area contributed by atoms with E-state index < -0.39 is 0 Å². The minimum Gasteiger partial charge on any atom is -0.504 e. The summed E-state index contributed by atoms with van der Waals surface area (Å²) in [5, 5.41) is 13.6. The average molecular weight is 279 g/mol. The molecule has 0 aliphatic rings. The number of ether oxygens (including phenoxy) is 1. The van der Waals surface area contributed by atoms with E-state index >= 15 is 0 Å². The Balaban J connectivity index is 2.12. The first kappa shape index (κ1) is 13.5. The number of nitrogens with one attached hydrogen (secondary N) is 1. The molecule has 0 bridgehead atoms. The summed E-state index contributed by atoms with van der Waals surface area (Å²) in [6.45, 7) is 2.37. The van der Waals surface area contributed by atoms with Gasteiger partial charge in [0.1, 0.15) is 5.15 Å². The number of pyridine rings is 1. The van der Waals surface area contributed by atoms with E-state index in [1.807, 2.05) is 25.1 Å². The molecule has 0 spiro atoms. The molecule has 1 aromatic heterocycles. The molecule has 0 unspecified atom stereocenters. The number of rotatable bonds is 4. The van der Waals surface area contributed by atoms with Crippen LogP contribution >= 0.6 is 11.6 Å². The van der Waals surface area contributed by atoms with Gasteiger partial charge in [-0.05, 0) is 24.6 Å². The van der Waals surface area contributed by atoms with Crippen molar-refractivity contribution in [2.45, 2.75) is 13.5 Å². The zero-order valence-corrected chi connectivity index (χ0v) is 11.5. The van der Waals surface area contributed by atoms with Crippen LogP contribution in [-0.2, 0) is 6.54 Å². The summed E-state index contributed by atoms with van der Waals surface area (Å²) in [5.41, 5.74) is 2.51. The van der Waals surface area contributed by atoms with Gasteiger partial charge in [0.2, 0.25) is 0 Å². The van der Waals surface area contributed by atoms with Crippen molar-refractivity contribution in [3.05, 3.63) is 46.7 Å². The van der Waals surface area contributed by atoms with Crippen LogP contribution in [0, 0.1) is 6.92 Å². The number of phenols is 1. The Kier molecular flexibility index (Phi) is 4.12. The first-order valence-corrected chi connectivity index (χ1v) is 6.20. The maximum atomic E-state index is 9.96. The van der Waals surface area contributed by atoms with Crippen molar-refractivity contribution in [2.24, 2.45) is 0 Å². The summed E-state index contributed by atoms with van der Waals surface area (Å²) in [6.07, 6.45) is 1.66.